The van der Waals surface area contributed by atoms with Crippen molar-refractivity contribution in [1.82, 2.24) is 20.1 Å². The summed E-state index contributed by atoms with van der Waals surface area (Å²) in [6.07, 6.45) is -0.649. The first-order valence-electron chi connectivity index (χ1n) is 11.4. The number of carbonyl (C=O) groups is 1. The van der Waals surface area contributed by atoms with Crippen molar-refractivity contribution in [1.29, 1.82) is 0 Å². The Hall–Kier alpha value is -4.05. The normalized spacial score (nSPS) is 11.2. The van der Waals surface area contributed by atoms with Gasteiger partial charge in [-0.2, -0.15) is 0 Å². The zero-order chi connectivity index (χ0) is 26.3. The van der Waals surface area contributed by atoms with Gasteiger partial charge in [0.1, 0.15) is 12.1 Å². The molecule has 0 saturated carbocycles. The van der Waals surface area contributed by atoms with Crippen molar-refractivity contribution in [2.45, 2.75) is 25.6 Å². The summed E-state index contributed by atoms with van der Waals surface area (Å²) >= 11 is 5.83. The van der Waals surface area contributed by atoms with Gasteiger partial charge in [0.15, 0.2) is 5.82 Å². The summed E-state index contributed by atoms with van der Waals surface area (Å²) in [5, 5.41) is 10.6. The van der Waals surface area contributed by atoms with Crippen molar-refractivity contribution in [3.05, 3.63) is 89.7 Å². The van der Waals surface area contributed by atoms with Gasteiger partial charge in [-0.15, -0.1) is 18.3 Å². The molecule has 0 atom stereocenters. The number of alkyl halides is 3. The molecule has 0 aliphatic heterocycles. The minimum Gasteiger partial charge on any atom is -0.406 e. The Labute approximate surface area is 216 Å². The van der Waals surface area contributed by atoms with Crippen LogP contribution in [0.15, 0.2) is 79.1 Å². The fourth-order valence-corrected chi connectivity index (χ4v) is 3.63. The van der Waals surface area contributed by atoms with E-state index in [9.17, 15) is 18.0 Å². The summed E-state index contributed by atoms with van der Waals surface area (Å²) in [6.45, 7) is 0.558. The number of unbranched alkanes of at least 4 members (excludes halogenated alkanes) is 1. The van der Waals surface area contributed by atoms with Crippen LogP contribution < -0.4 is 15.4 Å². The van der Waals surface area contributed by atoms with Gasteiger partial charge in [-0.1, -0.05) is 35.9 Å². The van der Waals surface area contributed by atoms with E-state index in [1.807, 2.05) is 24.3 Å². The fraction of sp³-hybridized carbons (Fsp3) is 0.192. The van der Waals surface area contributed by atoms with Crippen molar-refractivity contribution in [3.8, 4) is 22.8 Å². The minimum absolute atomic E-state index is 0.260. The highest BCUT2D eigenvalue weighted by molar-refractivity contribution is 6.30. The number of rotatable bonds is 9. The van der Waals surface area contributed by atoms with Crippen molar-refractivity contribution < 1.29 is 22.7 Å². The zero-order valence-electron chi connectivity index (χ0n) is 19.5. The lowest BCUT2D eigenvalue weighted by Crippen LogP contribution is -2.29. The quantitative estimate of drug-likeness (QED) is 0.238. The van der Waals surface area contributed by atoms with Gasteiger partial charge in [0.25, 0.3) is 0 Å². The lowest BCUT2D eigenvalue weighted by atomic mass is 10.1. The highest BCUT2D eigenvalue weighted by Crippen LogP contribution is 2.24. The molecule has 4 aromatic rings. The van der Waals surface area contributed by atoms with Crippen molar-refractivity contribution in [2.75, 3.05) is 11.9 Å². The summed E-state index contributed by atoms with van der Waals surface area (Å²) in [7, 11) is 0. The van der Waals surface area contributed by atoms with Gasteiger partial charge in [0.05, 0.1) is 5.69 Å². The van der Waals surface area contributed by atoms with E-state index in [4.69, 9.17) is 11.6 Å². The van der Waals surface area contributed by atoms with Crippen molar-refractivity contribution >= 4 is 23.3 Å². The second-order valence-corrected chi connectivity index (χ2v) is 8.53. The lowest BCUT2D eigenvalue weighted by molar-refractivity contribution is -0.274. The van der Waals surface area contributed by atoms with Crippen LogP contribution in [0.25, 0.3) is 17.1 Å². The molecule has 0 unspecified atom stereocenters. The Morgan fingerprint density at radius 3 is 2.32 bits per heavy atom. The Morgan fingerprint density at radius 2 is 1.65 bits per heavy atom. The van der Waals surface area contributed by atoms with Crippen molar-refractivity contribution in [3.63, 3.8) is 0 Å². The molecule has 37 heavy (non-hydrogen) atoms. The number of hydrogen-bond donors (Lipinski definition) is 2. The fourth-order valence-electron chi connectivity index (χ4n) is 3.51. The van der Waals surface area contributed by atoms with Crippen LogP contribution in [-0.4, -0.2) is 33.7 Å². The maximum absolute atomic E-state index is 12.3. The molecule has 4 rings (SSSR count). The molecular formula is C26H23ClF3N5O2. The lowest BCUT2D eigenvalue weighted by Gasteiger charge is -2.09. The summed E-state index contributed by atoms with van der Waals surface area (Å²) in [6, 6.07) is 19.9. The molecule has 0 fully saturated rings. The number of amides is 2. The van der Waals surface area contributed by atoms with E-state index in [1.54, 1.807) is 24.3 Å². The summed E-state index contributed by atoms with van der Waals surface area (Å²) < 4.78 is 42.3. The Balaban J connectivity index is 1.21. The predicted molar refractivity (Wildman–Crippen MR) is 135 cm³/mol. The number of hydrogen-bond acceptors (Lipinski definition) is 4. The number of carbonyl (C=O) groups excluding carboxylic acids is 1. The highest BCUT2D eigenvalue weighted by Gasteiger charge is 2.31. The number of nitrogens with zero attached hydrogens (tertiary/aromatic N) is 3. The molecule has 0 spiro atoms. The van der Waals surface area contributed by atoms with Gasteiger partial charge in [-0.05, 0) is 73.4 Å². The third-order valence-electron chi connectivity index (χ3n) is 5.32. The van der Waals surface area contributed by atoms with Crippen LogP contribution in [0.5, 0.6) is 5.75 Å². The van der Waals surface area contributed by atoms with Gasteiger partial charge in [-0.3, -0.25) is 0 Å². The largest absolute Gasteiger partial charge is 0.573 e. The topological polar surface area (TPSA) is 81.1 Å². The van der Waals surface area contributed by atoms with Crippen LogP contribution in [0, 0.1) is 0 Å². The number of benzene rings is 3. The molecule has 1 heterocycles. The van der Waals surface area contributed by atoms with E-state index in [1.165, 1.54) is 35.3 Å². The van der Waals surface area contributed by atoms with Crippen LogP contribution in [0.4, 0.5) is 23.7 Å². The van der Waals surface area contributed by atoms with E-state index in [0.717, 1.165) is 30.4 Å². The summed E-state index contributed by atoms with van der Waals surface area (Å²) in [5.41, 5.74) is 3.20. The molecule has 7 nitrogen and oxygen atoms in total. The van der Waals surface area contributed by atoms with Crippen LogP contribution >= 0.6 is 11.6 Å². The molecule has 11 heteroatoms. The number of aryl methyl sites for hydroxylation is 1. The first-order valence-corrected chi connectivity index (χ1v) is 11.8. The van der Waals surface area contributed by atoms with Crippen LogP contribution in [0.2, 0.25) is 5.02 Å². The van der Waals surface area contributed by atoms with E-state index in [0.29, 0.717) is 28.8 Å². The third kappa shape index (κ3) is 7.97. The molecule has 0 radical (unpaired) electrons. The second kappa shape index (κ2) is 11.8. The Kier molecular flexibility index (Phi) is 8.29. The smallest absolute Gasteiger partial charge is 0.406 e. The summed E-state index contributed by atoms with van der Waals surface area (Å²) in [5.74, 6) is 0.197. The number of aromatic nitrogens is 3. The van der Waals surface area contributed by atoms with Crippen LogP contribution in [0.1, 0.15) is 18.4 Å². The average molecular weight is 530 g/mol. The average Bonchev–Trinajstić information content (AvgIpc) is 3.35. The number of nitrogens with one attached hydrogen (secondary N) is 2. The second-order valence-electron chi connectivity index (χ2n) is 8.10. The molecule has 1 aromatic heterocycles. The first-order chi connectivity index (χ1) is 17.7. The number of urea groups is 1. The maximum atomic E-state index is 12.3. The monoisotopic (exact) mass is 529 g/mol. The molecular weight excluding hydrogens is 507 g/mol. The Morgan fingerprint density at radius 1 is 0.946 bits per heavy atom. The molecule has 192 valence electrons. The number of anilines is 1. The van der Waals surface area contributed by atoms with E-state index >= 15 is 0 Å². The molecule has 0 saturated heterocycles. The first kappa shape index (κ1) is 26.0. The molecule has 0 aliphatic rings. The van der Waals surface area contributed by atoms with Crippen LogP contribution in [0.3, 0.4) is 0 Å². The highest BCUT2D eigenvalue weighted by atomic mass is 35.5. The number of halogens is 4. The predicted octanol–water partition coefficient (Wildman–Crippen LogP) is 6.63. The molecule has 0 aliphatic carbocycles. The number of ether oxygens (including phenoxy) is 1. The van der Waals surface area contributed by atoms with Gasteiger partial charge in [0.2, 0.25) is 0 Å². The molecule has 2 N–H and O–H groups in total. The minimum atomic E-state index is -4.74. The van der Waals surface area contributed by atoms with Gasteiger partial charge in [0, 0.05) is 22.8 Å². The van der Waals surface area contributed by atoms with Crippen molar-refractivity contribution in [2.24, 2.45) is 0 Å². The SMILES string of the molecule is O=C(NCCCCc1ccc(-c2ncn(-c3ccc(OC(F)(F)F)cc3)n2)cc1)Nc1ccc(Cl)cc1. The zero-order valence-corrected chi connectivity index (χ0v) is 20.3. The van der Waals surface area contributed by atoms with E-state index in [2.05, 4.69) is 25.5 Å². The summed E-state index contributed by atoms with van der Waals surface area (Å²) in [4.78, 5) is 16.2. The van der Waals surface area contributed by atoms with Gasteiger partial charge >= 0.3 is 12.4 Å². The molecule has 2 amide bonds. The molecule has 0 bridgehead atoms. The standard InChI is InChI=1S/C26H23ClF3N5O2/c27-20-8-10-21(11-9-20)33-25(36)31-16-2-1-3-18-4-6-19(7-5-18)24-32-17-35(34-24)22-12-14-23(15-13-22)37-26(28,29)30/h4-15,17H,1-3,16H2,(H2,31,33,36). The van der Waals surface area contributed by atoms with Gasteiger partial charge in [-0.25, -0.2) is 14.5 Å². The van der Waals surface area contributed by atoms with Crippen LogP contribution in [-0.2, 0) is 6.42 Å². The van der Waals surface area contributed by atoms with Gasteiger partial charge < -0.3 is 15.4 Å². The molecule has 3 aromatic carbocycles. The van der Waals surface area contributed by atoms with E-state index < -0.39 is 6.36 Å². The van der Waals surface area contributed by atoms with E-state index in [-0.39, 0.29) is 11.8 Å². The maximum Gasteiger partial charge on any atom is 0.573 e. The Bertz CT molecular complexity index is 1310. The third-order valence-corrected chi connectivity index (χ3v) is 5.57.